The molecule has 1 aliphatic heterocycles. The number of ether oxygens (including phenoxy) is 1. The molecule has 3 atom stereocenters. The molecule has 7 heteroatoms. The topological polar surface area (TPSA) is 70.2 Å². The average molecular weight is 458 g/mol. The molecule has 7 nitrogen and oxygen atoms in total. The Hall–Kier alpha value is -1.63. The summed E-state index contributed by atoms with van der Waals surface area (Å²) < 4.78 is 5.17. The van der Waals surface area contributed by atoms with E-state index in [1.165, 1.54) is 0 Å². The molecule has 0 aromatic rings. The minimum absolute atomic E-state index is 0.170. The van der Waals surface area contributed by atoms with E-state index in [1.54, 1.807) is 19.0 Å². The average Bonchev–Trinajstić information content (AvgIpc) is 2.83. The highest BCUT2D eigenvalue weighted by Gasteiger charge is 2.20. The van der Waals surface area contributed by atoms with Crippen LogP contribution < -0.4 is 0 Å². The number of hydrogen-bond donors (Lipinski definition) is 0. The SMILES string of the molecule is CCC(C)C(=O)N(C)C.CCC(C)C(=O)N(CC)CC.CCC(C)C(=O)N1CCOCC1. The van der Waals surface area contributed by atoms with E-state index in [9.17, 15) is 14.4 Å². The van der Waals surface area contributed by atoms with Gasteiger partial charge >= 0.3 is 0 Å². The zero-order chi connectivity index (χ0) is 25.3. The summed E-state index contributed by atoms with van der Waals surface area (Å²) in [6.45, 7) is 20.7. The molecule has 0 aromatic heterocycles. The van der Waals surface area contributed by atoms with Crippen molar-refractivity contribution in [1.29, 1.82) is 0 Å². The van der Waals surface area contributed by atoms with E-state index in [0.717, 1.165) is 45.4 Å². The van der Waals surface area contributed by atoms with Crippen LogP contribution in [0, 0.1) is 17.8 Å². The van der Waals surface area contributed by atoms with Gasteiger partial charge < -0.3 is 19.4 Å². The molecule has 0 aromatic carbocycles. The van der Waals surface area contributed by atoms with Crippen molar-refractivity contribution < 1.29 is 19.1 Å². The van der Waals surface area contributed by atoms with E-state index < -0.39 is 0 Å². The van der Waals surface area contributed by atoms with Crippen molar-refractivity contribution in [1.82, 2.24) is 14.7 Å². The van der Waals surface area contributed by atoms with Gasteiger partial charge in [0.05, 0.1) is 13.2 Å². The molecule has 1 aliphatic rings. The first-order valence-electron chi connectivity index (χ1n) is 12.4. The van der Waals surface area contributed by atoms with Gasteiger partial charge in [0.1, 0.15) is 0 Å². The minimum atomic E-state index is 0.170. The summed E-state index contributed by atoms with van der Waals surface area (Å²) in [5, 5.41) is 0. The van der Waals surface area contributed by atoms with Crippen LogP contribution in [0.5, 0.6) is 0 Å². The largest absolute Gasteiger partial charge is 0.378 e. The number of carbonyl (C=O) groups is 3. The summed E-state index contributed by atoms with van der Waals surface area (Å²) in [6, 6.07) is 0. The zero-order valence-electron chi connectivity index (χ0n) is 22.6. The molecule has 0 spiro atoms. The van der Waals surface area contributed by atoms with Gasteiger partial charge in [0.2, 0.25) is 17.7 Å². The first kappa shape index (κ1) is 32.5. The zero-order valence-corrected chi connectivity index (χ0v) is 22.6. The lowest BCUT2D eigenvalue weighted by Crippen LogP contribution is -2.43. The van der Waals surface area contributed by atoms with Crippen LogP contribution in [0.3, 0.4) is 0 Å². The van der Waals surface area contributed by atoms with Crippen molar-refractivity contribution in [2.24, 2.45) is 17.8 Å². The number of carbonyl (C=O) groups excluding carboxylic acids is 3. The minimum Gasteiger partial charge on any atom is -0.378 e. The van der Waals surface area contributed by atoms with Crippen molar-refractivity contribution in [3.63, 3.8) is 0 Å². The number of amides is 3. The smallest absolute Gasteiger partial charge is 0.225 e. The molecule has 3 amide bonds. The van der Waals surface area contributed by atoms with Gasteiger partial charge in [0.25, 0.3) is 0 Å². The fourth-order valence-electron chi connectivity index (χ4n) is 2.91. The lowest BCUT2D eigenvalue weighted by Gasteiger charge is -2.28. The van der Waals surface area contributed by atoms with Crippen LogP contribution in [0.1, 0.15) is 74.7 Å². The third-order valence-electron chi connectivity index (χ3n) is 5.94. The van der Waals surface area contributed by atoms with Crippen LogP contribution in [0.4, 0.5) is 0 Å². The third-order valence-corrected chi connectivity index (χ3v) is 5.94. The van der Waals surface area contributed by atoms with Gasteiger partial charge in [-0.1, -0.05) is 41.5 Å². The number of rotatable bonds is 8. The normalized spacial score (nSPS) is 15.8. The molecule has 0 bridgehead atoms. The maximum Gasteiger partial charge on any atom is 0.225 e. The Balaban J connectivity index is 0. The van der Waals surface area contributed by atoms with Crippen LogP contribution in [0.15, 0.2) is 0 Å². The molecule has 0 N–H and O–H groups in total. The van der Waals surface area contributed by atoms with Crippen molar-refractivity contribution >= 4 is 17.7 Å². The number of nitrogens with zero attached hydrogens (tertiary/aromatic N) is 3. The highest BCUT2D eigenvalue weighted by Crippen LogP contribution is 2.08. The van der Waals surface area contributed by atoms with Crippen LogP contribution in [0.25, 0.3) is 0 Å². The highest BCUT2D eigenvalue weighted by molar-refractivity contribution is 5.79. The van der Waals surface area contributed by atoms with E-state index in [1.807, 2.05) is 65.2 Å². The predicted octanol–water partition coefficient (Wildman–Crippen LogP) is 3.91. The fourth-order valence-corrected chi connectivity index (χ4v) is 2.91. The van der Waals surface area contributed by atoms with Gasteiger partial charge in [0, 0.05) is 58.0 Å². The molecule has 0 radical (unpaired) electrons. The molecule has 3 unspecified atom stereocenters. The van der Waals surface area contributed by atoms with E-state index in [4.69, 9.17) is 4.74 Å². The maximum absolute atomic E-state index is 11.6. The van der Waals surface area contributed by atoms with E-state index in [-0.39, 0.29) is 35.5 Å². The molecule has 190 valence electrons. The van der Waals surface area contributed by atoms with Crippen molar-refractivity contribution in [2.75, 3.05) is 53.5 Å². The lowest BCUT2D eigenvalue weighted by molar-refractivity contribution is -0.139. The van der Waals surface area contributed by atoms with Crippen LogP contribution in [-0.2, 0) is 19.1 Å². The standard InChI is InChI=1S/C9H17NO2.C9H19NO.C7H15NO/c1-3-8(2)9(11)10-4-6-12-7-5-10;1-5-8(4)9(11)10(6-2)7-3;1-5-6(2)7(9)8(3)4/h8H,3-7H2,1-2H3;8H,5-7H2,1-4H3;6H,5H2,1-4H3. The van der Waals surface area contributed by atoms with Crippen LogP contribution >= 0.6 is 0 Å². The maximum atomic E-state index is 11.6. The Kier molecular flexibility index (Phi) is 19.2. The predicted molar refractivity (Wildman–Crippen MR) is 132 cm³/mol. The van der Waals surface area contributed by atoms with Crippen molar-refractivity contribution in [2.45, 2.75) is 74.7 Å². The van der Waals surface area contributed by atoms with Gasteiger partial charge in [-0.05, 0) is 33.1 Å². The quantitative estimate of drug-likeness (QED) is 0.554. The van der Waals surface area contributed by atoms with Crippen LogP contribution in [0.2, 0.25) is 0 Å². The van der Waals surface area contributed by atoms with Crippen molar-refractivity contribution in [3.8, 4) is 0 Å². The van der Waals surface area contributed by atoms with E-state index in [0.29, 0.717) is 13.2 Å². The molecular formula is C25H51N3O4. The summed E-state index contributed by atoms with van der Waals surface area (Å²) in [5.74, 6) is 1.33. The summed E-state index contributed by atoms with van der Waals surface area (Å²) >= 11 is 0. The Labute approximate surface area is 197 Å². The van der Waals surface area contributed by atoms with Gasteiger partial charge in [-0.15, -0.1) is 0 Å². The highest BCUT2D eigenvalue weighted by atomic mass is 16.5. The lowest BCUT2D eigenvalue weighted by atomic mass is 10.1. The summed E-state index contributed by atoms with van der Waals surface area (Å²) in [5.41, 5.74) is 0. The Morgan fingerprint density at radius 3 is 1.47 bits per heavy atom. The summed E-state index contributed by atoms with van der Waals surface area (Å²) in [6.07, 6.45) is 2.79. The first-order valence-corrected chi connectivity index (χ1v) is 12.4. The second kappa shape index (κ2) is 18.9. The number of morpholine rings is 1. The molecular weight excluding hydrogens is 406 g/mol. The van der Waals surface area contributed by atoms with Gasteiger partial charge in [-0.3, -0.25) is 14.4 Å². The second-order valence-electron chi connectivity index (χ2n) is 8.61. The Morgan fingerprint density at radius 2 is 1.16 bits per heavy atom. The molecule has 1 saturated heterocycles. The van der Waals surface area contributed by atoms with Gasteiger partial charge in [-0.2, -0.15) is 0 Å². The summed E-state index contributed by atoms with van der Waals surface area (Å²) in [7, 11) is 3.57. The second-order valence-corrected chi connectivity index (χ2v) is 8.61. The molecule has 1 fully saturated rings. The summed E-state index contributed by atoms with van der Waals surface area (Å²) in [4.78, 5) is 39.5. The van der Waals surface area contributed by atoms with E-state index in [2.05, 4.69) is 0 Å². The third kappa shape index (κ3) is 13.0. The molecule has 0 aliphatic carbocycles. The monoisotopic (exact) mass is 457 g/mol. The first-order chi connectivity index (χ1) is 15.0. The fraction of sp³-hybridized carbons (Fsp3) is 0.880. The number of hydrogen-bond acceptors (Lipinski definition) is 4. The van der Waals surface area contributed by atoms with Crippen molar-refractivity contribution in [3.05, 3.63) is 0 Å². The molecule has 0 saturated carbocycles. The molecule has 32 heavy (non-hydrogen) atoms. The molecule has 1 rings (SSSR count). The Bertz CT molecular complexity index is 515. The van der Waals surface area contributed by atoms with Crippen LogP contribution in [-0.4, -0.2) is 85.9 Å². The van der Waals surface area contributed by atoms with Gasteiger partial charge in [-0.25, -0.2) is 0 Å². The molecule has 1 heterocycles. The van der Waals surface area contributed by atoms with E-state index >= 15 is 0 Å². The van der Waals surface area contributed by atoms with Gasteiger partial charge in [0.15, 0.2) is 0 Å². The Morgan fingerprint density at radius 1 is 0.750 bits per heavy atom.